The van der Waals surface area contributed by atoms with E-state index in [4.69, 9.17) is 10.5 Å². The predicted octanol–water partition coefficient (Wildman–Crippen LogP) is 5.07. The second kappa shape index (κ2) is 9.25. The molecule has 0 aliphatic carbocycles. The van der Waals surface area contributed by atoms with Crippen molar-refractivity contribution in [2.75, 3.05) is 5.73 Å². The lowest BCUT2D eigenvalue weighted by molar-refractivity contribution is -0.180. The van der Waals surface area contributed by atoms with Gasteiger partial charge in [0.2, 0.25) is 0 Å². The number of carbonyl (C=O) groups excluding carboxylic acids is 2. The molecule has 0 spiro atoms. The highest BCUT2D eigenvalue weighted by atomic mass is 16.6. The molecule has 0 saturated carbocycles. The quantitative estimate of drug-likeness (QED) is 0.386. The number of rotatable bonds is 8. The Labute approximate surface area is 173 Å². The molecule has 2 aromatic carbocycles. The molecule has 154 valence electrons. The zero-order chi connectivity index (χ0) is 20.9. The van der Waals surface area contributed by atoms with E-state index < -0.39 is 11.5 Å². The maximum atomic E-state index is 13.2. The van der Waals surface area contributed by atoms with E-state index in [1.807, 2.05) is 49.4 Å². The van der Waals surface area contributed by atoms with Crippen LogP contribution in [-0.2, 0) is 20.7 Å². The first-order valence-corrected chi connectivity index (χ1v) is 10.6. The van der Waals surface area contributed by atoms with Crippen LogP contribution in [0, 0.1) is 5.92 Å². The lowest BCUT2D eigenvalue weighted by Crippen LogP contribution is -2.49. The summed E-state index contributed by atoms with van der Waals surface area (Å²) < 4.78 is 6.06. The third-order valence-electron chi connectivity index (χ3n) is 6.01. The van der Waals surface area contributed by atoms with Crippen molar-refractivity contribution in [2.45, 2.75) is 63.9 Å². The highest BCUT2D eigenvalue weighted by molar-refractivity contribution is 6.02. The van der Waals surface area contributed by atoms with E-state index in [-0.39, 0.29) is 17.7 Å². The summed E-state index contributed by atoms with van der Waals surface area (Å²) in [5.74, 6) is -1.33. The van der Waals surface area contributed by atoms with Gasteiger partial charge in [0, 0.05) is 18.0 Å². The number of benzene rings is 2. The van der Waals surface area contributed by atoms with Gasteiger partial charge in [-0.3, -0.25) is 9.59 Å². The maximum absolute atomic E-state index is 13.2. The second-order valence-electron chi connectivity index (χ2n) is 8.15. The highest BCUT2D eigenvalue weighted by Crippen LogP contribution is 2.41. The fourth-order valence-electron chi connectivity index (χ4n) is 4.59. The van der Waals surface area contributed by atoms with Crippen LogP contribution in [-0.4, -0.2) is 17.4 Å². The van der Waals surface area contributed by atoms with Crippen LogP contribution in [0.5, 0.6) is 0 Å². The van der Waals surface area contributed by atoms with E-state index in [0.29, 0.717) is 31.4 Å². The Kier molecular flexibility index (Phi) is 6.73. The number of aryl methyl sites for hydroxylation is 1. The van der Waals surface area contributed by atoms with Gasteiger partial charge in [0.25, 0.3) is 0 Å². The summed E-state index contributed by atoms with van der Waals surface area (Å²) in [6, 6.07) is 17.6. The molecule has 3 rings (SSSR count). The maximum Gasteiger partial charge on any atom is 0.317 e. The van der Waals surface area contributed by atoms with Crippen molar-refractivity contribution < 1.29 is 14.3 Å². The van der Waals surface area contributed by atoms with E-state index in [1.54, 1.807) is 0 Å². The molecule has 1 saturated heterocycles. The molecular formula is C25H31NO3. The lowest BCUT2D eigenvalue weighted by atomic mass is 9.74. The molecular weight excluding hydrogens is 362 g/mol. The van der Waals surface area contributed by atoms with Crippen molar-refractivity contribution in [1.29, 1.82) is 0 Å². The summed E-state index contributed by atoms with van der Waals surface area (Å²) in [5, 5.41) is 0. The van der Waals surface area contributed by atoms with E-state index in [0.717, 1.165) is 18.4 Å². The molecule has 1 fully saturated rings. The zero-order valence-corrected chi connectivity index (χ0v) is 17.4. The fraction of sp³-hybridized carbons (Fsp3) is 0.440. The molecule has 1 aliphatic rings. The van der Waals surface area contributed by atoms with E-state index in [9.17, 15) is 9.59 Å². The van der Waals surface area contributed by atoms with Gasteiger partial charge in [0.05, 0.1) is 0 Å². The summed E-state index contributed by atoms with van der Waals surface area (Å²) in [6.07, 6.45) is 4.01. The molecule has 1 heterocycles. The Bertz CT molecular complexity index is 828. The molecule has 0 amide bonds. The molecule has 4 heteroatoms. The number of nitrogen functional groups attached to an aromatic ring is 1. The first kappa shape index (κ1) is 21.1. The van der Waals surface area contributed by atoms with Gasteiger partial charge in [-0.1, -0.05) is 62.7 Å². The molecule has 1 aliphatic heterocycles. The third kappa shape index (κ3) is 4.87. The number of anilines is 1. The monoisotopic (exact) mass is 393 g/mol. The normalized spacial score (nSPS) is 22.9. The summed E-state index contributed by atoms with van der Waals surface area (Å²) >= 11 is 0. The smallest absolute Gasteiger partial charge is 0.317 e. The van der Waals surface area contributed by atoms with Crippen molar-refractivity contribution >= 4 is 17.4 Å². The third-order valence-corrected chi connectivity index (χ3v) is 6.01. The Balaban J connectivity index is 1.80. The SMILES string of the molecule is CCC[C@]1(CCc2ccccc2)CC(=O)C(C(CC)c2cccc(N)c2)C(=O)O1. The van der Waals surface area contributed by atoms with Crippen molar-refractivity contribution in [1.82, 2.24) is 0 Å². The summed E-state index contributed by atoms with van der Waals surface area (Å²) in [4.78, 5) is 26.3. The van der Waals surface area contributed by atoms with Crippen molar-refractivity contribution in [3.05, 3.63) is 65.7 Å². The number of hydrogen-bond acceptors (Lipinski definition) is 4. The number of esters is 1. The van der Waals surface area contributed by atoms with Crippen LogP contribution in [0.25, 0.3) is 0 Å². The van der Waals surface area contributed by atoms with Crippen LogP contribution in [0.1, 0.15) is 63.0 Å². The first-order valence-electron chi connectivity index (χ1n) is 10.6. The van der Waals surface area contributed by atoms with Crippen molar-refractivity contribution in [3.8, 4) is 0 Å². The van der Waals surface area contributed by atoms with Gasteiger partial charge in [0.1, 0.15) is 11.5 Å². The molecule has 0 aromatic heterocycles. The predicted molar refractivity (Wildman–Crippen MR) is 115 cm³/mol. The number of ether oxygens (including phenoxy) is 1. The standard InChI is InChI=1S/C25H31NO3/c1-3-14-25(15-13-18-9-6-5-7-10-18)17-22(27)23(24(28)29-25)21(4-2)19-11-8-12-20(26)16-19/h5-12,16,21,23H,3-4,13-15,17,26H2,1-2H3/t21?,23?,25-/m0/s1. The van der Waals surface area contributed by atoms with Crippen LogP contribution in [0.4, 0.5) is 5.69 Å². The highest BCUT2D eigenvalue weighted by Gasteiger charge is 2.48. The average molecular weight is 394 g/mol. The van der Waals surface area contributed by atoms with Gasteiger partial charge in [-0.05, 0) is 48.9 Å². The molecule has 2 N–H and O–H groups in total. The minimum absolute atomic E-state index is 0.00274. The Hall–Kier alpha value is -2.62. The summed E-state index contributed by atoms with van der Waals surface area (Å²) in [7, 11) is 0. The number of cyclic esters (lactones) is 1. The molecule has 2 unspecified atom stereocenters. The Morgan fingerprint density at radius 1 is 1.07 bits per heavy atom. The van der Waals surface area contributed by atoms with Crippen molar-refractivity contribution in [2.24, 2.45) is 5.92 Å². The van der Waals surface area contributed by atoms with Crippen LogP contribution in [0.2, 0.25) is 0 Å². The second-order valence-corrected chi connectivity index (χ2v) is 8.15. The fourth-order valence-corrected chi connectivity index (χ4v) is 4.59. The van der Waals surface area contributed by atoms with E-state index >= 15 is 0 Å². The van der Waals surface area contributed by atoms with E-state index in [2.05, 4.69) is 19.1 Å². The van der Waals surface area contributed by atoms with Crippen LogP contribution < -0.4 is 5.73 Å². The number of carbonyl (C=O) groups is 2. The number of Topliss-reactive ketones (excluding diaryl/α,β-unsaturated/α-hetero) is 1. The van der Waals surface area contributed by atoms with Gasteiger partial charge in [-0.15, -0.1) is 0 Å². The van der Waals surface area contributed by atoms with Crippen LogP contribution in [0.3, 0.4) is 0 Å². The van der Waals surface area contributed by atoms with Gasteiger partial charge >= 0.3 is 5.97 Å². The molecule has 4 nitrogen and oxygen atoms in total. The minimum Gasteiger partial charge on any atom is -0.458 e. The van der Waals surface area contributed by atoms with Crippen molar-refractivity contribution in [3.63, 3.8) is 0 Å². The molecule has 29 heavy (non-hydrogen) atoms. The van der Waals surface area contributed by atoms with Gasteiger partial charge in [-0.25, -0.2) is 0 Å². The van der Waals surface area contributed by atoms with Gasteiger partial charge in [-0.2, -0.15) is 0 Å². The zero-order valence-electron chi connectivity index (χ0n) is 17.4. The molecule has 3 atom stereocenters. The number of nitrogens with two attached hydrogens (primary N) is 1. The number of hydrogen-bond donors (Lipinski definition) is 1. The Morgan fingerprint density at radius 3 is 2.45 bits per heavy atom. The van der Waals surface area contributed by atoms with Crippen LogP contribution >= 0.6 is 0 Å². The lowest BCUT2D eigenvalue weighted by Gasteiger charge is -2.40. The first-order chi connectivity index (χ1) is 14.0. The summed E-state index contributed by atoms with van der Waals surface area (Å²) in [6.45, 7) is 4.06. The largest absolute Gasteiger partial charge is 0.458 e. The van der Waals surface area contributed by atoms with Gasteiger partial charge in [0.15, 0.2) is 5.78 Å². The molecule has 0 bridgehead atoms. The topological polar surface area (TPSA) is 69.4 Å². The molecule has 0 radical (unpaired) electrons. The average Bonchev–Trinajstić information content (AvgIpc) is 2.70. The van der Waals surface area contributed by atoms with Crippen LogP contribution in [0.15, 0.2) is 54.6 Å². The summed E-state index contributed by atoms with van der Waals surface area (Å²) in [5.41, 5.74) is 7.99. The molecule has 2 aromatic rings. The Morgan fingerprint density at radius 2 is 1.83 bits per heavy atom. The number of ketones is 1. The minimum atomic E-state index is -0.747. The van der Waals surface area contributed by atoms with Gasteiger partial charge < -0.3 is 10.5 Å². The van der Waals surface area contributed by atoms with E-state index in [1.165, 1.54) is 5.56 Å².